The second-order valence-electron chi connectivity index (χ2n) is 10.1. The Morgan fingerprint density at radius 1 is 1.06 bits per heavy atom. The predicted octanol–water partition coefficient (Wildman–Crippen LogP) is 6.98. The number of benzene rings is 1. The van der Waals surface area contributed by atoms with Crippen molar-refractivity contribution in [3.8, 4) is 0 Å². The molecule has 0 bridgehead atoms. The normalized spacial score (nSPS) is 19.9. The lowest BCUT2D eigenvalue weighted by Crippen LogP contribution is -2.32. The van der Waals surface area contributed by atoms with E-state index in [-0.39, 0.29) is 35.9 Å². The van der Waals surface area contributed by atoms with Gasteiger partial charge in [-0.05, 0) is 58.3 Å². The first kappa shape index (κ1) is 28.4. The number of ketones is 1. The average molecular weight is 481 g/mol. The van der Waals surface area contributed by atoms with Crippen molar-refractivity contribution in [1.29, 1.82) is 0 Å². The number of rotatable bonds is 15. The van der Waals surface area contributed by atoms with E-state index in [9.17, 15) is 23.5 Å². The van der Waals surface area contributed by atoms with Crippen molar-refractivity contribution >= 4 is 11.8 Å². The minimum Gasteiger partial charge on any atom is -0.463 e. The minimum atomic E-state index is -3.26. The molecule has 4 nitrogen and oxygen atoms in total. The molecule has 1 aliphatic carbocycles. The van der Waals surface area contributed by atoms with E-state index in [2.05, 4.69) is 0 Å². The van der Waals surface area contributed by atoms with Gasteiger partial charge >= 0.3 is 5.97 Å². The number of unbranched alkanes of at least 4 members (excludes halogenated alkanes) is 5. The summed E-state index contributed by atoms with van der Waals surface area (Å²) >= 11 is 0. The van der Waals surface area contributed by atoms with Crippen LogP contribution in [0.25, 0.3) is 0 Å². The highest BCUT2D eigenvalue weighted by Crippen LogP contribution is 2.37. The van der Waals surface area contributed by atoms with Crippen LogP contribution in [-0.4, -0.2) is 29.1 Å². The third-order valence-corrected chi connectivity index (χ3v) is 6.85. The van der Waals surface area contributed by atoms with Gasteiger partial charge in [0.2, 0.25) is 0 Å². The number of hydrogen-bond donors (Lipinski definition) is 1. The first-order valence-corrected chi connectivity index (χ1v) is 13.0. The van der Waals surface area contributed by atoms with Crippen LogP contribution in [0.2, 0.25) is 0 Å². The van der Waals surface area contributed by atoms with Crippen molar-refractivity contribution in [3.63, 3.8) is 0 Å². The Balaban J connectivity index is 1.62. The highest BCUT2D eigenvalue weighted by Gasteiger charge is 2.40. The van der Waals surface area contributed by atoms with Crippen LogP contribution in [0.1, 0.15) is 103 Å². The van der Waals surface area contributed by atoms with Crippen molar-refractivity contribution in [1.82, 2.24) is 0 Å². The van der Waals surface area contributed by atoms with E-state index >= 15 is 0 Å². The van der Waals surface area contributed by atoms with Gasteiger partial charge in [-0.3, -0.25) is 9.59 Å². The zero-order chi connectivity index (χ0) is 25.0. The molecule has 3 atom stereocenters. The largest absolute Gasteiger partial charge is 0.463 e. The lowest BCUT2D eigenvalue weighted by molar-refractivity contribution is -0.147. The monoisotopic (exact) mass is 480 g/mol. The summed E-state index contributed by atoms with van der Waals surface area (Å²) in [5.41, 5.74) is -0.158. The fourth-order valence-corrected chi connectivity index (χ4v) is 4.86. The Labute approximate surface area is 203 Å². The van der Waals surface area contributed by atoms with Gasteiger partial charge in [0.15, 0.2) is 0 Å². The molecule has 0 saturated heterocycles. The quantitative estimate of drug-likeness (QED) is 0.217. The van der Waals surface area contributed by atoms with Crippen molar-refractivity contribution in [2.45, 2.75) is 115 Å². The molecule has 6 heteroatoms. The first-order chi connectivity index (χ1) is 16.2. The Morgan fingerprint density at radius 2 is 1.71 bits per heavy atom. The molecule has 1 fully saturated rings. The van der Waals surface area contributed by atoms with Gasteiger partial charge in [0.05, 0.1) is 6.10 Å². The summed E-state index contributed by atoms with van der Waals surface area (Å²) in [5.74, 6) is -2.85. The molecule has 1 aromatic carbocycles. The third kappa shape index (κ3) is 9.81. The number of alkyl halides is 2. The summed E-state index contributed by atoms with van der Waals surface area (Å²) in [7, 11) is 0. The first-order valence-electron chi connectivity index (χ1n) is 13.0. The van der Waals surface area contributed by atoms with E-state index in [0.717, 1.165) is 57.8 Å². The van der Waals surface area contributed by atoms with Crippen LogP contribution in [0.15, 0.2) is 30.3 Å². The molecule has 0 radical (unpaired) electrons. The Bertz CT molecular complexity index is 735. The second kappa shape index (κ2) is 14.6. The van der Waals surface area contributed by atoms with E-state index in [1.54, 1.807) is 18.2 Å². The molecule has 1 N–H and O–H groups in total. The molecule has 0 aliphatic heterocycles. The lowest BCUT2D eigenvalue weighted by Gasteiger charge is -2.30. The SMILES string of the molecule is CC(C)OC(=O)CCCCCCCCC1C[C@@H](CC[C@@H](O)C(F)(F)c2ccccc2)CCC1=O. The summed E-state index contributed by atoms with van der Waals surface area (Å²) < 4.78 is 34.2. The molecule has 34 heavy (non-hydrogen) atoms. The van der Waals surface area contributed by atoms with Gasteiger partial charge in [0.25, 0.3) is 5.92 Å². The lowest BCUT2D eigenvalue weighted by atomic mass is 9.76. The fraction of sp³-hybridized carbons (Fsp3) is 0.714. The number of aliphatic hydroxyl groups is 1. The van der Waals surface area contributed by atoms with Crippen molar-refractivity contribution in [3.05, 3.63) is 35.9 Å². The Morgan fingerprint density at radius 3 is 2.38 bits per heavy atom. The topological polar surface area (TPSA) is 63.6 Å². The molecular weight excluding hydrogens is 438 g/mol. The maximum absolute atomic E-state index is 14.5. The number of aliphatic hydroxyl groups excluding tert-OH is 1. The van der Waals surface area contributed by atoms with Crippen LogP contribution in [-0.2, 0) is 20.2 Å². The summed E-state index contributed by atoms with van der Waals surface area (Å²) in [5, 5.41) is 10.2. The average Bonchev–Trinajstić information content (AvgIpc) is 2.80. The molecular formula is C28H42F2O4. The smallest absolute Gasteiger partial charge is 0.306 e. The van der Waals surface area contributed by atoms with Gasteiger partial charge in [-0.15, -0.1) is 0 Å². The number of carbonyl (C=O) groups is 2. The number of esters is 1. The highest BCUT2D eigenvalue weighted by molar-refractivity contribution is 5.81. The summed E-state index contributed by atoms with van der Waals surface area (Å²) in [6, 6.07) is 7.48. The van der Waals surface area contributed by atoms with Crippen LogP contribution in [0.3, 0.4) is 0 Å². The molecule has 2 rings (SSSR count). The van der Waals surface area contributed by atoms with Crippen molar-refractivity contribution in [2.75, 3.05) is 0 Å². The molecule has 1 aliphatic rings. The van der Waals surface area contributed by atoms with Crippen LogP contribution in [0.5, 0.6) is 0 Å². The number of Topliss-reactive ketones (excluding diaryl/α,β-unsaturated/α-hetero) is 1. The van der Waals surface area contributed by atoms with E-state index in [1.165, 1.54) is 12.1 Å². The molecule has 0 aromatic heterocycles. The van der Waals surface area contributed by atoms with Gasteiger partial charge in [0, 0.05) is 24.3 Å². The van der Waals surface area contributed by atoms with Crippen molar-refractivity contribution in [2.24, 2.45) is 11.8 Å². The number of hydrogen-bond acceptors (Lipinski definition) is 4. The maximum Gasteiger partial charge on any atom is 0.306 e. The molecule has 1 aromatic rings. The summed E-state index contributed by atoms with van der Waals surface area (Å²) in [6.45, 7) is 3.70. The van der Waals surface area contributed by atoms with Gasteiger partial charge in [0.1, 0.15) is 11.9 Å². The standard InChI is InChI=1S/C28H42F2O4/c1-21(2)34-27(33)15-11-6-4-3-5-8-12-23-20-22(16-18-25(23)31)17-19-26(32)28(29,30)24-13-9-7-10-14-24/h7,9-10,13-14,21-23,26,32H,3-6,8,11-12,15-20H2,1-2H3/t22-,23?,26-/m1/s1. The highest BCUT2D eigenvalue weighted by atomic mass is 19.3. The Hall–Kier alpha value is -1.82. The number of carbonyl (C=O) groups excluding carboxylic acids is 2. The molecule has 1 unspecified atom stereocenters. The van der Waals surface area contributed by atoms with E-state index in [1.807, 2.05) is 13.8 Å². The van der Waals surface area contributed by atoms with Gasteiger partial charge in [-0.25, -0.2) is 0 Å². The zero-order valence-electron chi connectivity index (χ0n) is 20.8. The fourth-order valence-electron chi connectivity index (χ4n) is 4.86. The molecule has 0 spiro atoms. The van der Waals surface area contributed by atoms with Gasteiger partial charge in [-0.1, -0.05) is 62.4 Å². The van der Waals surface area contributed by atoms with Gasteiger partial charge in [-0.2, -0.15) is 8.78 Å². The molecule has 0 heterocycles. The Kier molecular flexibility index (Phi) is 12.2. The third-order valence-electron chi connectivity index (χ3n) is 6.85. The van der Waals surface area contributed by atoms with Crippen LogP contribution < -0.4 is 0 Å². The van der Waals surface area contributed by atoms with E-state index in [0.29, 0.717) is 25.0 Å². The number of halogens is 2. The van der Waals surface area contributed by atoms with Crippen molar-refractivity contribution < 1.29 is 28.2 Å². The number of ether oxygens (including phenoxy) is 1. The summed E-state index contributed by atoms with van der Waals surface area (Å²) in [4.78, 5) is 23.9. The zero-order valence-corrected chi connectivity index (χ0v) is 20.8. The van der Waals surface area contributed by atoms with Crippen LogP contribution in [0, 0.1) is 11.8 Å². The molecule has 1 saturated carbocycles. The second-order valence-corrected chi connectivity index (χ2v) is 10.1. The maximum atomic E-state index is 14.5. The predicted molar refractivity (Wildman–Crippen MR) is 130 cm³/mol. The molecule has 192 valence electrons. The van der Waals surface area contributed by atoms with Crippen LogP contribution in [0.4, 0.5) is 8.78 Å². The summed E-state index contributed by atoms with van der Waals surface area (Å²) in [6.07, 6.45) is 8.20. The van der Waals surface area contributed by atoms with E-state index in [4.69, 9.17) is 4.74 Å². The van der Waals surface area contributed by atoms with E-state index < -0.39 is 12.0 Å². The minimum absolute atomic E-state index is 0.0244. The molecule has 0 amide bonds. The van der Waals surface area contributed by atoms with Crippen LogP contribution >= 0.6 is 0 Å². The van der Waals surface area contributed by atoms with Gasteiger partial charge < -0.3 is 9.84 Å².